The van der Waals surface area contributed by atoms with Gasteiger partial charge in [0.25, 0.3) is 5.91 Å². The number of aryl methyl sites for hydroxylation is 1. The monoisotopic (exact) mass is 356 g/mol. The molecule has 3 aromatic rings. The Kier molecular flexibility index (Phi) is 4.14. The highest BCUT2D eigenvalue weighted by atomic mass is 19.1. The first-order valence-corrected chi connectivity index (χ1v) is 8.57. The van der Waals surface area contributed by atoms with Gasteiger partial charge in [-0.15, -0.1) is 0 Å². The van der Waals surface area contributed by atoms with Gasteiger partial charge in [-0.1, -0.05) is 6.07 Å². The second-order valence-electron chi connectivity index (χ2n) is 6.55. The van der Waals surface area contributed by atoms with Crippen LogP contribution in [0.1, 0.15) is 34.8 Å². The molecular formula is C19H18F2N4O. The van der Waals surface area contributed by atoms with Crippen LogP contribution in [0.25, 0.3) is 11.0 Å². The van der Waals surface area contributed by atoms with Crippen LogP contribution < -0.4 is 0 Å². The number of amides is 1. The molecule has 1 aromatic carbocycles. The largest absolute Gasteiger partial charge is 0.338 e. The molecule has 4 rings (SSSR count). The van der Waals surface area contributed by atoms with Gasteiger partial charge in [-0.2, -0.15) is 5.10 Å². The average Bonchev–Trinajstić information content (AvgIpc) is 2.99. The molecule has 0 bridgehead atoms. The summed E-state index contributed by atoms with van der Waals surface area (Å²) in [4.78, 5) is 18.4. The standard InChI is InChI=1S/C19H18F2N4O/c1-24-18-13(4-3-9-22-18)17(23-24)12-7-10-25(11-8-12)19(26)16-14(20)5-2-6-15(16)21/h2-6,9,12H,7-8,10-11H2,1H3. The van der Waals surface area contributed by atoms with Crippen molar-refractivity contribution in [1.82, 2.24) is 19.7 Å². The molecule has 1 fully saturated rings. The number of carbonyl (C=O) groups is 1. The zero-order valence-corrected chi connectivity index (χ0v) is 14.3. The average molecular weight is 356 g/mol. The maximum absolute atomic E-state index is 13.9. The second kappa shape index (κ2) is 6.48. The molecule has 3 heterocycles. The van der Waals surface area contributed by atoms with E-state index in [1.54, 1.807) is 10.9 Å². The molecule has 2 aromatic heterocycles. The lowest BCUT2D eigenvalue weighted by atomic mass is 9.91. The molecule has 0 atom stereocenters. The summed E-state index contributed by atoms with van der Waals surface area (Å²) in [6.45, 7) is 0.880. The minimum absolute atomic E-state index is 0.192. The quantitative estimate of drug-likeness (QED) is 0.708. The summed E-state index contributed by atoms with van der Waals surface area (Å²) in [5, 5.41) is 5.61. The Hall–Kier alpha value is -2.83. The Balaban J connectivity index is 1.53. The number of hydrogen-bond donors (Lipinski definition) is 0. The zero-order chi connectivity index (χ0) is 18.3. The van der Waals surface area contributed by atoms with E-state index in [1.807, 2.05) is 19.2 Å². The molecule has 1 saturated heterocycles. The number of nitrogens with zero attached hydrogens (tertiary/aromatic N) is 4. The van der Waals surface area contributed by atoms with Crippen molar-refractivity contribution in [2.24, 2.45) is 7.05 Å². The van der Waals surface area contributed by atoms with Gasteiger partial charge >= 0.3 is 0 Å². The highest BCUT2D eigenvalue weighted by Crippen LogP contribution is 2.32. The molecule has 134 valence electrons. The predicted octanol–water partition coefficient (Wildman–Crippen LogP) is 3.27. The lowest BCUT2D eigenvalue weighted by Crippen LogP contribution is -2.38. The van der Waals surface area contributed by atoms with Gasteiger partial charge in [0.05, 0.1) is 5.69 Å². The highest BCUT2D eigenvalue weighted by molar-refractivity contribution is 5.94. The van der Waals surface area contributed by atoms with Crippen molar-refractivity contribution in [2.45, 2.75) is 18.8 Å². The highest BCUT2D eigenvalue weighted by Gasteiger charge is 2.30. The summed E-state index contributed by atoms with van der Waals surface area (Å²) in [5.41, 5.74) is 1.33. The lowest BCUT2D eigenvalue weighted by molar-refractivity contribution is 0.0702. The third kappa shape index (κ3) is 2.73. The van der Waals surface area contributed by atoms with Crippen LogP contribution in [0.15, 0.2) is 36.5 Å². The first-order valence-electron chi connectivity index (χ1n) is 8.57. The van der Waals surface area contributed by atoms with Crippen LogP contribution in [-0.4, -0.2) is 38.7 Å². The molecule has 1 amide bonds. The van der Waals surface area contributed by atoms with Crippen LogP contribution in [-0.2, 0) is 7.05 Å². The molecule has 1 aliphatic heterocycles. The zero-order valence-electron chi connectivity index (χ0n) is 14.3. The number of halogens is 2. The van der Waals surface area contributed by atoms with Crippen LogP contribution in [0.2, 0.25) is 0 Å². The Morgan fingerprint density at radius 3 is 2.50 bits per heavy atom. The Bertz CT molecular complexity index is 957. The van der Waals surface area contributed by atoms with Crippen molar-refractivity contribution >= 4 is 16.9 Å². The summed E-state index contributed by atoms with van der Waals surface area (Å²) in [6, 6.07) is 7.35. The van der Waals surface area contributed by atoms with Crippen LogP contribution in [0.4, 0.5) is 8.78 Å². The molecule has 0 unspecified atom stereocenters. The fourth-order valence-corrected chi connectivity index (χ4v) is 3.64. The Labute approximate surface area is 149 Å². The molecule has 0 aliphatic carbocycles. The van der Waals surface area contributed by atoms with E-state index < -0.39 is 23.1 Å². The van der Waals surface area contributed by atoms with Gasteiger partial charge in [0.2, 0.25) is 0 Å². The van der Waals surface area contributed by atoms with Crippen molar-refractivity contribution in [2.75, 3.05) is 13.1 Å². The number of rotatable bonds is 2. The first kappa shape index (κ1) is 16.6. The molecular weight excluding hydrogens is 338 g/mol. The number of carbonyl (C=O) groups excluding carboxylic acids is 1. The summed E-state index contributed by atoms with van der Waals surface area (Å²) < 4.78 is 29.5. The van der Waals surface area contributed by atoms with E-state index in [1.165, 1.54) is 11.0 Å². The van der Waals surface area contributed by atoms with E-state index in [0.717, 1.165) is 28.9 Å². The van der Waals surface area contributed by atoms with Gasteiger partial charge in [-0.05, 0) is 37.1 Å². The predicted molar refractivity (Wildman–Crippen MR) is 92.7 cm³/mol. The van der Waals surface area contributed by atoms with Gasteiger partial charge in [0.15, 0.2) is 5.65 Å². The van der Waals surface area contributed by atoms with Gasteiger partial charge in [0, 0.05) is 37.6 Å². The summed E-state index contributed by atoms with van der Waals surface area (Å²) in [6.07, 6.45) is 3.13. The number of aromatic nitrogens is 3. The van der Waals surface area contributed by atoms with E-state index in [9.17, 15) is 13.6 Å². The third-order valence-electron chi connectivity index (χ3n) is 4.97. The number of likely N-dealkylation sites (tertiary alicyclic amines) is 1. The minimum Gasteiger partial charge on any atom is -0.338 e. The molecule has 1 aliphatic rings. The smallest absolute Gasteiger partial charge is 0.259 e. The van der Waals surface area contributed by atoms with E-state index in [0.29, 0.717) is 25.9 Å². The second-order valence-corrected chi connectivity index (χ2v) is 6.55. The van der Waals surface area contributed by atoms with E-state index >= 15 is 0 Å². The maximum Gasteiger partial charge on any atom is 0.259 e. The topological polar surface area (TPSA) is 51.0 Å². The van der Waals surface area contributed by atoms with Crippen LogP contribution in [0.3, 0.4) is 0 Å². The molecule has 5 nitrogen and oxygen atoms in total. The normalized spacial score (nSPS) is 15.6. The van der Waals surface area contributed by atoms with Gasteiger partial charge < -0.3 is 4.90 Å². The molecule has 0 saturated carbocycles. The van der Waals surface area contributed by atoms with Crippen molar-refractivity contribution in [1.29, 1.82) is 0 Å². The lowest BCUT2D eigenvalue weighted by Gasteiger charge is -2.31. The van der Waals surface area contributed by atoms with E-state index in [-0.39, 0.29) is 5.92 Å². The summed E-state index contributed by atoms with van der Waals surface area (Å²) >= 11 is 0. The number of pyridine rings is 1. The maximum atomic E-state index is 13.9. The number of hydrogen-bond acceptors (Lipinski definition) is 3. The molecule has 0 spiro atoms. The number of fused-ring (bicyclic) bond motifs is 1. The van der Waals surface area contributed by atoms with Crippen molar-refractivity contribution in [3.05, 3.63) is 59.4 Å². The minimum atomic E-state index is -0.820. The first-order chi connectivity index (χ1) is 12.6. The fraction of sp³-hybridized carbons (Fsp3) is 0.316. The van der Waals surface area contributed by atoms with Gasteiger partial charge in [0.1, 0.15) is 17.2 Å². The Morgan fingerprint density at radius 1 is 1.12 bits per heavy atom. The van der Waals surface area contributed by atoms with Crippen molar-refractivity contribution in [3.8, 4) is 0 Å². The van der Waals surface area contributed by atoms with E-state index in [2.05, 4.69) is 10.1 Å². The molecule has 0 radical (unpaired) electrons. The van der Waals surface area contributed by atoms with Crippen molar-refractivity contribution in [3.63, 3.8) is 0 Å². The fourth-order valence-electron chi connectivity index (χ4n) is 3.64. The third-order valence-corrected chi connectivity index (χ3v) is 4.97. The van der Waals surface area contributed by atoms with E-state index in [4.69, 9.17) is 0 Å². The number of benzene rings is 1. The molecule has 7 heteroatoms. The molecule has 0 N–H and O–H groups in total. The number of piperidine rings is 1. The van der Waals surface area contributed by atoms with Gasteiger partial charge in [-0.25, -0.2) is 13.8 Å². The van der Waals surface area contributed by atoms with Crippen LogP contribution in [0, 0.1) is 11.6 Å². The van der Waals surface area contributed by atoms with Gasteiger partial charge in [-0.3, -0.25) is 9.48 Å². The Morgan fingerprint density at radius 2 is 1.81 bits per heavy atom. The molecule has 26 heavy (non-hydrogen) atoms. The summed E-state index contributed by atoms with van der Waals surface area (Å²) in [7, 11) is 1.86. The van der Waals surface area contributed by atoms with Crippen LogP contribution >= 0.6 is 0 Å². The summed E-state index contributed by atoms with van der Waals surface area (Å²) in [5.74, 6) is -2.04. The SMILES string of the molecule is Cn1nc(C2CCN(C(=O)c3c(F)cccc3F)CC2)c2cccnc21. The van der Waals surface area contributed by atoms with Crippen molar-refractivity contribution < 1.29 is 13.6 Å². The van der Waals surface area contributed by atoms with Crippen LogP contribution in [0.5, 0.6) is 0 Å².